The van der Waals surface area contributed by atoms with Crippen molar-refractivity contribution in [2.75, 3.05) is 14.1 Å². The van der Waals surface area contributed by atoms with Crippen LogP contribution in [0.1, 0.15) is 0 Å². The Morgan fingerprint density at radius 3 is 1.88 bits per heavy atom. The van der Waals surface area contributed by atoms with Crippen molar-refractivity contribution in [1.82, 2.24) is 11.0 Å². The third-order valence-electron chi connectivity index (χ3n) is 0.332. The lowest BCUT2D eigenvalue weighted by atomic mass is 11.6. The third kappa shape index (κ3) is 4.11. The number of nitrogens with one attached hydrogen (secondary N) is 2. The van der Waals surface area contributed by atoms with Gasteiger partial charge in [-0.05, 0) is 9.25 Å². The molecular formula is C2H8N2O3P+. The van der Waals surface area contributed by atoms with E-state index in [0.29, 0.717) is 0 Å². The quantitative estimate of drug-likeness (QED) is 0.422. The molecule has 0 atom stereocenters. The average molecular weight is 139 g/mol. The Hall–Kier alpha value is -0.0600. The molecule has 0 aromatic carbocycles. The van der Waals surface area contributed by atoms with Crippen molar-refractivity contribution in [3.63, 3.8) is 0 Å². The predicted molar refractivity (Wildman–Crippen MR) is 27.9 cm³/mol. The zero-order chi connectivity index (χ0) is 6.41. The molecule has 0 aromatic rings. The minimum atomic E-state index is -2.05. The van der Waals surface area contributed by atoms with Crippen LogP contribution in [0.15, 0.2) is 0 Å². The highest BCUT2D eigenvalue weighted by Gasteiger charge is 2.18. The highest BCUT2D eigenvalue weighted by molar-refractivity contribution is 7.33. The Bertz CT molecular complexity index is 69.7. The van der Waals surface area contributed by atoms with Crippen LogP contribution in [0, 0.1) is 0 Å². The van der Waals surface area contributed by atoms with Gasteiger partial charge in [0.1, 0.15) is 0 Å². The van der Waals surface area contributed by atoms with Crippen LogP contribution in [-0.2, 0) is 13.8 Å². The van der Waals surface area contributed by atoms with Gasteiger partial charge in [0.05, 0.1) is 0 Å². The van der Waals surface area contributed by atoms with Crippen molar-refractivity contribution >= 4 is 8.25 Å². The van der Waals surface area contributed by atoms with E-state index in [4.69, 9.17) is 0 Å². The Kier molecular flexibility index (Phi) is 5.05. The summed E-state index contributed by atoms with van der Waals surface area (Å²) in [5, 5.41) is 0. The first kappa shape index (κ1) is 7.94. The largest absolute Gasteiger partial charge is 0.735 e. The van der Waals surface area contributed by atoms with Crippen molar-refractivity contribution in [3.8, 4) is 0 Å². The molecule has 6 heteroatoms. The molecule has 0 radical (unpaired) electrons. The zero-order valence-electron chi connectivity index (χ0n) is 4.67. The van der Waals surface area contributed by atoms with Crippen LogP contribution in [0.25, 0.3) is 0 Å². The van der Waals surface area contributed by atoms with Gasteiger partial charge in [-0.25, -0.2) is 0 Å². The summed E-state index contributed by atoms with van der Waals surface area (Å²) in [6.07, 6.45) is 0. The van der Waals surface area contributed by atoms with Crippen LogP contribution >= 0.6 is 8.25 Å². The van der Waals surface area contributed by atoms with Crippen LogP contribution in [0.4, 0.5) is 0 Å². The van der Waals surface area contributed by atoms with E-state index in [1.54, 1.807) is 0 Å². The van der Waals surface area contributed by atoms with Gasteiger partial charge in [0.2, 0.25) is 0 Å². The lowest BCUT2D eigenvalue weighted by Crippen LogP contribution is -2.06. The van der Waals surface area contributed by atoms with Gasteiger partial charge in [-0.2, -0.15) is 11.0 Å². The highest BCUT2D eigenvalue weighted by Crippen LogP contribution is 2.17. The second kappa shape index (κ2) is 5.08. The third-order valence-corrected chi connectivity index (χ3v) is 0.995. The minimum absolute atomic E-state index is 1.49. The first-order valence-corrected chi connectivity index (χ1v) is 3.05. The maximum Gasteiger partial charge on any atom is 0.735 e. The Morgan fingerprint density at radius 2 is 1.62 bits per heavy atom. The molecule has 0 aromatic heterocycles. The SMILES string of the molecule is CNO[P+](=O)ONC. The molecule has 0 aliphatic carbocycles. The molecule has 8 heavy (non-hydrogen) atoms. The van der Waals surface area contributed by atoms with Gasteiger partial charge >= 0.3 is 8.25 Å². The van der Waals surface area contributed by atoms with E-state index in [2.05, 4.69) is 20.2 Å². The molecule has 0 bridgehead atoms. The molecule has 0 saturated heterocycles. The lowest BCUT2D eigenvalue weighted by molar-refractivity contribution is 0.140. The summed E-state index contributed by atoms with van der Waals surface area (Å²) >= 11 is 0. The summed E-state index contributed by atoms with van der Waals surface area (Å²) < 4.78 is 18.7. The molecule has 0 fully saturated rings. The maximum absolute atomic E-state index is 10.2. The number of hydrogen-bond donors (Lipinski definition) is 2. The number of rotatable bonds is 4. The van der Waals surface area contributed by atoms with Gasteiger partial charge in [-0.15, -0.1) is 0 Å². The van der Waals surface area contributed by atoms with Gasteiger partial charge in [0.15, 0.2) is 0 Å². The molecule has 2 N–H and O–H groups in total. The molecule has 0 aliphatic rings. The molecule has 5 nitrogen and oxygen atoms in total. The van der Waals surface area contributed by atoms with Crippen LogP contribution < -0.4 is 11.0 Å². The standard InChI is InChI=1S/C2H8N2O3P/c1-3-6-8(5)7-4-2/h3-4H,1-2H3/q+1. The summed E-state index contributed by atoms with van der Waals surface area (Å²) in [5.41, 5.74) is 4.41. The summed E-state index contributed by atoms with van der Waals surface area (Å²) in [5.74, 6) is 0. The maximum atomic E-state index is 10.2. The zero-order valence-corrected chi connectivity index (χ0v) is 5.57. The number of hydroxylamine groups is 2. The molecule has 0 heterocycles. The normalized spacial score (nSPS) is 9.25. The fourth-order valence-electron chi connectivity index (χ4n) is 0.168. The summed E-state index contributed by atoms with van der Waals surface area (Å²) in [6.45, 7) is 0. The predicted octanol–water partition coefficient (Wildman–Crippen LogP) is -0.0542. The van der Waals surface area contributed by atoms with E-state index in [9.17, 15) is 4.57 Å². The monoisotopic (exact) mass is 139 g/mol. The lowest BCUT2D eigenvalue weighted by Gasteiger charge is -1.81. The van der Waals surface area contributed by atoms with E-state index < -0.39 is 8.25 Å². The topological polar surface area (TPSA) is 59.6 Å². The molecule has 0 amide bonds. The van der Waals surface area contributed by atoms with Crippen molar-refractivity contribution in [2.24, 2.45) is 0 Å². The van der Waals surface area contributed by atoms with E-state index in [0.717, 1.165) is 0 Å². The molecule has 0 aliphatic heterocycles. The van der Waals surface area contributed by atoms with Crippen LogP contribution in [0.2, 0.25) is 0 Å². The second-order valence-corrected chi connectivity index (χ2v) is 1.63. The molecule has 0 spiro atoms. The van der Waals surface area contributed by atoms with Crippen molar-refractivity contribution < 1.29 is 13.8 Å². The van der Waals surface area contributed by atoms with Gasteiger partial charge in [-0.3, -0.25) is 0 Å². The van der Waals surface area contributed by atoms with E-state index in [-0.39, 0.29) is 0 Å². The molecule has 48 valence electrons. The number of hydrogen-bond acceptors (Lipinski definition) is 5. The smallest absolute Gasteiger partial charge is 0.152 e. The highest BCUT2D eigenvalue weighted by atomic mass is 31.1. The van der Waals surface area contributed by atoms with Crippen molar-refractivity contribution in [3.05, 3.63) is 0 Å². The van der Waals surface area contributed by atoms with E-state index in [1.165, 1.54) is 14.1 Å². The van der Waals surface area contributed by atoms with Crippen LogP contribution in [0.5, 0.6) is 0 Å². The Balaban J connectivity index is 3.06. The van der Waals surface area contributed by atoms with Gasteiger partial charge in [0, 0.05) is 18.7 Å². The van der Waals surface area contributed by atoms with Crippen LogP contribution in [-0.4, -0.2) is 14.1 Å². The Morgan fingerprint density at radius 1 is 1.25 bits per heavy atom. The van der Waals surface area contributed by atoms with Gasteiger partial charge in [0.25, 0.3) is 0 Å². The first-order valence-electron chi connectivity index (χ1n) is 1.96. The molecular weight excluding hydrogens is 131 g/mol. The second-order valence-electron chi connectivity index (χ2n) is 0.814. The summed E-state index contributed by atoms with van der Waals surface area (Å²) in [4.78, 5) is 0. The summed E-state index contributed by atoms with van der Waals surface area (Å²) in [6, 6.07) is 0. The van der Waals surface area contributed by atoms with Crippen LogP contribution in [0.3, 0.4) is 0 Å². The Labute approximate surface area is 48.2 Å². The molecule has 0 unspecified atom stereocenters. The summed E-state index contributed by atoms with van der Waals surface area (Å²) in [7, 11) is 0.932. The fraction of sp³-hybridized carbons (Fsp3) is 1.00. The average Bonchev–Trinajstić information content (AvgIpc) is 1.68. The van der Waals surface area contributed by atoms with E-state index >= 15 is 0 Å². The molecule has 0 saturated carbocycles. The minimum Gasteiger partial charge on any atom is -0.152 e. The van der Waals surface area contributed by atoms with E-state index in [1.807, 2.05) is 0 Å². The van der Waals surface area contributed by atoms with Gasteiger partial charge < -0.3 is 0 Å². The van der Waals surface area contributed by atoms with Gasteiger partial charge in [-0.1, -0.05) is 0 Å². The van der Waals surface area contributed by atoms with Crippen molar-refractivity contribution in [2.45, 2.75) is 0 Å². The first-order chi connectivity index (χ1) is 3.81. The molecule has 0 rings (SSSR count). The fourth-order valence-corrected chi connectivity index (χ4v) is 0.503. The van der Waals surface area contributed by atoms with Crippen molar-refractivity contribution in [1.29, 1.82) is 0 Å².